The summed E-state index contributed by atoms with van der Waals surface area (Å²) in [5, 5.41) is 19.1. The highest BCUT2D eigenvalue weighted by Gasteiger charge is 2.52. The van der Waals surface area contributed by atoms with Crippen LogP contribution in [0.2, 0.25) is 5.02 Å². The molecule has 0 radical (unpaired) electrons. The Balaban J connectivity index is 1.80. The second-order valence-electron chi connectivity index (χ2n) is 8.36. The zero-order valence-electron chi connectivity index (χ0n) is 21.1. The van der Waals surface area contributed by atoms with Gasteiger partial charge in [-0.3, -0.25) is 19.2 Å². The van der Waals surface area contributed by atoms with Crippen LogP contribution < -0.4 is 4.87 Å². The molecule has 1 saturated heterocycles. The van der Waals surface area contributed by atoms with Crippen molar-refractivity contribution in [1.29, 1.82) is 5.26 Å². The van der Waals surface area contributed by atoms with Crippen LogP contribution in [0.15, 0.2) is 33.5 Å². The molecule has 0 spiro atoms. The number of ether oxygens (including phenoxy) is 4. The standard InChI is InChI=1S/C23H21ClN6O8S2/c1-10(31)35-8-18-20(36-11(2)32)19(30-7-16(28-29-30)17-9-39-23(34)27-17)21(37-12(3)33)22(38-18)40-13-4-14(24)15(5-25)26-6-13/h4,6-7,9,18-22H,8H2,1-3H3,(H,27,34)/t18?,19?,20-,21?,22+/m0/s1. The molecule has 1 N–H and O–H groups in total. The Kier molecular flexibility index (Phi) is 9.20. The van der Waals surface area contributed by atoms with Gasteiger partial charge in [0, 0.05) is 37.2 Å². The highest BCUT2D eigenvalue weighted by molar-refractivity contribution is 7.99. The molecule has 0 aromatic carbocycles. The maximum absolute atomic E-state index is 12.3. The van der Waals surface area contributed by atoms with E-state index in [4.69, 9.17) is 35.8 Å². The number of H-pyrrole nitrogens is 1. The van der Waals surface area contributed by atoms with E-state index in [0.717, 1.165) is 23.1 Å². The molecule has 0 aliphatic carbocycles. The van der Waals surface area contributed by atoms with Gasteiger partial charge >= 0.3 is 22.8 Å². The number of nitrogens with zero attached hydrogens (tertiary/aromatic N) is 5. The van der Waals surface area contributed by atoms with E-state index in [2.05, 4.69) is 20.3 Å². The molecule has 4 heterocycles. The predicted molar refractivity (Wildman–Crippen MR) is 139 cm³/mol. The number of aromatic amines is 1. The number of thioether (sulfide) groups is 1. The van der Waals surface area contributed by atoms with E-state index in [1.807, 2.05) is 6.07 Å². The number of thiazole rings is 1. The van der Waals surface area contributed by atoms with E-state index in [1.54, 1.807) is 5.38 Å². The Labute approximate surface area is 239 Å². The zero-order chi connectivity index (χ0) is 29.0. The number of carbonyl (C=O) groups excluding carboxylic acids is 3. The number of pyridine rings is 1. The Morgan fingerprint density at radius 3 is 2.55 bits per heavy atom. The van der Waals surface area contributed by atoms with Crippen LogP contribution in [-0.2, 0) is 33.3 Å². The summed E-state index contributed by atoms with van der Waals surface area (Å²) in [6.07, 6.45) is -0.427. The van der Waals surface area contributed by atoms with Crippen LogP contribution in [0, 0.1) is 11.3 Å². The highest BCUT2D eigenvalue weighted by atomic mass is 35.5. The molecule has 5 atom stereocenters. The summed E-state index contributed by atoms with van der Waals surface area (Å²) in [5.74, 6) is -1.94. The molecule has 17 heteroatoms. The molecule has 1 aliphatic rings. The maximum Gasteiger partial charge on any atom is 0.304 e. The van der Waals surface area contributed by atoms with Crippen molar-refractivity contribution in [2.45, 2.75) is 55.5 Å². The Hall–Kier alpha value is -3.78. The van der Waals surface area contributed by atoms with Gasteiger partial charge in [-0.25, -0.2) is 9.67 Å². The molecule has 40 heavy (non-hydrogen) atoms. The average molecular weight is 609 g/mol. The van der Waals surface area contributed by atoms with Crippen molar-refractivity contribution in [3.05, 3.63) is 44.2 Å². The van der Waals surface area contributed by atoms with Crippen molar-refractivity contribution in [1.82, 2.24) is 25.0 Å². The van der Waals surface area contributed by atoms with E-state index >= 15 is 0 Å². The fraction of sp³-hybridized carbons (Fsp3) is 0.391. The van der Waals surface area contributed by atoms with Gasteiger partial charge in [0.1, 0.15) is 36.0 Å². The first kappa shape index (κ1) is 29.2. The van der Waals surface area contributed by atoms with Crippen LogP contribution in [0.3, 0.4) is 0 Å². The van der Waals surface area contributed by atoms with Crippen LogP contribution in [0.1, 0.15) is 32.5 Å². The van der Waals surface area contributed by atoms with Crippen LogP contribution >= 0.6 is 34.7 Å². The molecule has 3 unspecified atom stereocenters. The van der Waals surface area contributed by atoms with Gasteiger partial charge in [0.05, 0.1) is 16.9 Å². The molecule has 210 valence electrons. The number of rotatable bonds is 8. The van der Waals surface area contributed by atoms with Crippen molar-refractivity contribution in [3.8, 4) is 17.5 Å². The first-order valence-electron chi connectivity index (χ1n) is 11.5. The Morgan fingerprint density at radius 1 is 1.23 bits per heavy atom. The lowest BCUT2D eigenvalue weighted by Gasteiger charge is -2.44. The van der Waals surface area contributed by atoms with Gasteiger partial charge in [0.2, 0.25) is 0 Å². The largest absolute Gasteiger partial charge is 0.463 e. The fourth-order valence-corrected chi connectivity index (χ4v) is 5.89. The van der Waals surface area contributed by atoms with Gasteiger partial charge in [-0.1, -0.05) is 39.9 Å². The second-order valence-corrected chi connectivity index (χ2v) is 10.8. The molecule has 14 nitrogen and oxygen atoms in total. The molecule has 0 saturated carbocycles. The Bertz CT molecular complexity index is 1520. The van der Waals surface area contributed by atoms with Crippen molar-refractivity contribution in [2.75, 3.05) is 6.61 Å². The normalized spacial score (nSPS) is 22.2. The third-order valence-corrected chi connectivity index (χ3v) is 7.52. The topological polar surface area (TPSA) is 188 Å². The van der Waals surface area contributed by atoms with E-state index in [1.165, 1.54) is 43.9 Å². The van der Waals surface area contributed by atoms with Gasteiger partial charge in [-0.15, -0.1) is 5.10 Å². The van der Waals surface area contributed by atoms with Crippen LogP contribution in [-0.4, -0.2) is 73.2 Å². The zero-order valence-corrected chi connectivity index (χ0v) is 23.5. The van der Waals surface area contributed by atoms with Crippen molar-refractivity contribution in [2.24, 2.45) is 0 Å². The fourth-order valence-electron chi connectivity index (χ4n) is 3.93. The number of hydrogen-bond acceptors (Lipinski definition) is 14. The predicted octanol–water partition coefficient (Wildman–Crippen LogP) is 2.10. The van der Waals surface area contributed by atoms with Gasteiger partial charge in [-0.2, -0.15) is 5.26 Å². The molecule has 3 aromatic rings. The first-order chi connectivity index (χ1) is 19.0. The summed E-state index contributed by atoms with van der Waals surface area (Å²) in [5.41, 5.74) is -0.256. The number of esters is 3. The van der Waals surface area contributed by atoms with Crippen molar-refractivity contribution >= 4 is 52.6 Å². The van der Waals surface area contributed by atoms with E-state index in [0.29, 0.717) is 16.3 Å². The molecule has 4 rings (SSSR count). The van der Waals surface area contributed by atoms with Crippen molar-refractivity contribution < 1.29 is 33.3 Å². The molecule has 1 fully saturated rings. The number of carbonyl (C=O) groups is 3. The summed E-state index contributed by atoms with van der Waals surface area (Å²) in [6, 6.07) is 2.36. The van der Waals surface area contributed by atoms with E-state index in [9.17, 15) is 19.2 Å². The molecular formula is C23H21ClN6O8S2. The van der Waals surface area contributed by atoms with Crippen LogP contribution in [0.5, 0.6) is 0 Å². The van der Waals surface area contributed by atoms with Gasteiger partial charge in [-0.05, 0) is 6.07 Å². The van der Waals surface area contributed by atoms with E-state index < -0.39 is 47.7 Å². The maximum atomic E-state index is 12.3. The summed E-state index contributed by atoms with van der Waals surface area (Å²) in [6.45, 7) is 3.30. The van der Waals surface area contributed by atoms with Gasteiger partial charge < -0.3 is 23.9 Å². The van der Waals surface area contributed by atoms with E-state index in [-0.39, 0.29) is 22.2 Å². The summed E-state index contributed by atoms with van der Waals surface area (Å²) in [4.78, 5) is 54.6. The third-order valence-electron chi connectivity index (χ3n) is 5.46. The number of nitrogens with one attached hydrogen (secondary N) is 1. The summed E-state index contributed by atoms with van der Waals surface area (Å²) >= 11 is 8.17. The molecule has 3 aromatic heterocycles. The van der Waals surface area contributed by atoms with Crippen molar-refractivity contribution in [3.63, 3.8) is 0 Å². The molecule has 0 bridgehead atoms. The molecule has 1 aliphatic heterocycles. The highest BCUT2D eigenvalue weighted by Crippen LogP contribution is 2.41. The lowest BCUT2D eigenvalue weighted by atomic mass is 9.96. The first-order valence-corrected chi connectivity index (χ1v) is 13.6. The monoisotopic (exact) mass is 608 g/mol. The van der Waals surface area contributed by atoms with Gasteiger partial charge in [0.25, 0.3) is 0 Å². The van der Waals surface area contributed by atoms with Crippen LogP contribution in [0.4, 0.5) is 0 Å². The minimum absolute atomic E-state index is 0.0225. The van der Waals surface area contributed by atoms with Gasteiger partial charge in [0.15, 0.2) is 17.9 Å². The van der Waals surface area contributed by atoms with Crippen LogP contribution in [0.25, 0.3) is 11.4 Å². The number of halogens is 1. The third kappa shape index (κ3) is 6.86. The Morgan fingerprint density at radius 2 is 1.95 bits per heavy atom. The second kappa shape index (κ2) is 12.6. The summed E-state index contributed by atoms with van der Waals surface area (Å²) < 4.78 is 24.0. The number of nitriles is 1. The SMILES string of the molecule is CC(=O)OCC1O[C@H](Sc2cnc(C#N)c(Cl)c2)C(OC(C)=O)C(n2cc(-c3csc(=O)[nH]3)nn2)[C@H]1OC(C)=O. The quantitative estimate of drug-likeness (QED) is 0.289. The minimum Gasteiger partial charge on any atom is -0.463 e. The minimum atomic E-state index is -1.16. The molecule has 0 amide bonds. The number of aromatic nitrogens is 5. The lowest BCUT2D eigenvalue weighted by molar-refractivity contribution is -0.212. The summed E-state index contributed by atoms with van der Waals surface area (Å²) in [7, 11) is 0. The lowest BCUT2D eigenvalue weighted by Crippen LogP contribution is -2.57. The smallest absolute Gasteiger partial charge is 0.304 e. The number of hydrogen-bond donors (Lipinski definition) is 1. The molecular weight excluding hydrogens is 588 g/mol. The average Bonchev–Trinajstić information content (AvgIpc) is 3.53.